The van der Waals surface area contributed by atoms with Crippen molar-refractivity contribution >= 4 is 96.0 Å². The molecule has 0 aliphatic rings. The molecule has 1 nitrogen and oxygen atoms in total. The Hall–Kier alpha value is -3.96. The van der Waals surface area contributed by atoms with Crippen molar-refractivity contribution in [1.29, 1.82) is 0 Å². The molecular weight excluding hydrogens is 590 g/mol. The largest absolute Gasteiger partial charge is 0.310 e. The van der Waals surface area contributed by atoms with Crippen LogP contribution in [0.3, 0.4) is 0 Å². The van der Waals surface area contributed by atoms with Crippen LogP contribution in [0.4, 0.5) is 17.1 Å². The van der Waals surface area contributed by atoms with Crippen molar-refractivity contribution in [3.05, 3.63) is 138 Å². The maximum atomic E-state index is 3.80. The Morgan fingerprint density at radius 2 is 1.12 bits per heavy atom. The molecule has 190 valence electrons. The van der Waals surface area contributed by atoms with Crippen LogP contribution in [0.2, 0.25) is 0 Å². The summed E-state index contributed by atoms with van der Waals surface area (Å²) in [7, 11) is 0. The Bertz CT molecular complexity index is 2140. The summed E-state index contributed by atoms with van der Waals surface area (Å²) in [5, 5.41) is 5.24. The van der Waals surface area contributed by atoms with E-state index in [-0.39, 0.29) is 0 Å². The Balaban J connectivity index is 1.29. The molecule has 4 heteroatoms. The second-order valence-electron chi connectivity index (χ2n) is 9.93. The number of thiophene rings is 2. The molecule has 0 saturated heterocycles. The van der Waals surface area contributed by atoms with Crippen LogP contribution in [0.15, 0.2) is 138 Å². The fraction of sp³-hybridized carbons (Fsp3) is 0. The van der Waals surface area contributed by atoms with Crippen LogP contribution in [0.25, 0.3) is 51.5 Å². The molecule has 0 atom stereocenters. The van der Waals surface area contributed by atoms with Crippen molar-refractivity contribution in [1.82, 2.24) is 0 Å². The summed E-state index contributed by atoms with van der Waals surface area (Å²) in [4.78, 5) is 2.33. The first-order chi connectivity index (χ1) is 19.7. The van der Waals surface area contributed by atoms with Gasteiger partial charge in [-0.15, -0.1) is 22.7 Å². The first-order valence-electron chi connectivity index (χ1n) is 13.2. The van der Waals surface area contributed by atoms with Gasteiger partial charge in [-0.1, -0.05) is 82.7 Å². The number of rotatable bonds is 4. The maximum absolute atomic E-state index is 3.80. The molecule has 6 aromatic carbocycles. The van der Waals surface area contributed by atoms with E-state index in [1.54, 1.807) is 0 Å². The Morgan fingerprint density at radius 1 is 0.450 bits per heavy atom. The van der Waals surface area contributed by atoms with Crippen LogP contribution >= 0.6 is 38.6 Å². The lowest BCUT2D eigenvalue weighted by Gasteiger charge is -2.25. The molecule has 0 radical (unpaired) electrons. The lowest BCUT2D eigenvalue weighted by atomic mass is 10.0. The molecule has 8 rings (SSSR count). The maximum Gasteiger partial charge on any atom is 0.0476 e. The SMILES string of the molecule is Brc1cc(-c2ccc3sc4cc(N(c5ccccc5)c5ccccc5)ccc4c3c2)c2sc3ccccc3c2c1. The van der Waals surface area contributed by atoms with Crippen LogP contribution < -0.4 is 4.90 Å². The molecule has 0 bridgehead atoms. The highest BCUT2D eigenvalue weighted by molar-refractivity contribution is 9.10. The summed E-state index contributed by atoms with van der Waals surface area (Å²) in [6.45, 7) is 0. The Kier molecular flexibility index (Phi) is 5.73. The van der Waals surface area contributed by atoms with E-state index in [1.807, 2.05) is 22.7 Å². The Morgan fingerprint density at radius 3 is 1.90 bits per heavy atom. The third-order valence-electron chi connectivity index (χ3n) is 7.50. The minimum atomic E-state index is 1.11. The van der Waals surface area contributed by atoms with Gasteiger partial charge < -0.3 is 4.90 Å². The zero-order valence-electron chi connectivity index (χ0n) is 21.3. The molecule has 0 spiro atoms. The van der Waals surface area contributed by atoms with Gasteiger partial charge in [0.1, 0.15) is 0 Å². The van der Waals surface area contributed by atoms with Crippen molar-refractivity contribution in [3.8, 4) is 11.1 Å². The number of anilines is 3. The summed E-state index contributed by atoms with van der Waals surface area (Å²) in [5.41, 5.74) is 6.00. The number of hydrogen-bond donors (Lipinski definition) is 0. The number of nitrogens with zero attached hydrogens (tertiary/aromatic N) is 1. The van der Waals surface area contributed by atoms with E-state index in [2.05, 4.69) is 154 Å². The molecule has 0 aliphatic carbocycles. The Labute approximate surface area is 248 Å². The molecule has 0 unspecified atom stereocenters. The predicted octanol–water partition coefficient (Wildman–Crippen LogP) is 12.3. The van der Waals surface area contributed by atoms with E-state index < -0.39 is 0 Å². The summed E-state index contributed by atoms with van der Waals surface area (Å²) in [6, 6.07) is 48.3. The van der Waals surface area contributed by atoms with Gasteiger partial charge in [0.2, 0.25) is 0 Å². The van der Waals surface area contributed by atoms with Crippen molar-refractivity contribution in [2.45, 2.75) is 0 Å². The van der Waals surface area contributed by atoms with Gasteiger partial charge in [-0.2, -0.15) is 0 Å². The minimum Gasteiger partial charge on any atom is -0.310 e. The molecule has 2 aromatic heterocycles. The molecule has 0 N–H and O–H groups in total. The van der Waals surface area contributed by atoms with Crippen LogP contribution in [0.1, 0.15) is 0 Å². The van der Waals surface area contributed by atoms with Crippen molar-refractivity contribution in [2.24, 2.45) is 0 Å². The van der Waals surface area contributed by atoms with E-state index in [0.717, 1.165) is 21.5 Å². The number of benzene rings is 6. The topological polar surface area (TPSA) is 3.24 Å². The second-order valence-corrected chi connectivity index (χ2v) is 13.0. The second kappa shape index (κ2) is 9.60. The lowest BCUT2D eigenvalue weighted by molar-refractivity contribution is 1.29. The summed E-state index contributed by atoms with van der Waals surface area (Å²) in [5.74, 6) is 0. The first kappa shape index (κ1) is 23.9. The lowest BCUT2D eigenvalue weighted by Crippen LogP contribution is -2.09. The van der Waals surface area contributed by atoms with Gasteiger partial charge in [-0.3, -0.25) is 0 Å². The number of fused-ring (bicyclic) bond motifs is 6. The van der Waals surface area contributed by atoms with Gasteiger partial charge in [0, 0.05) is 67.4 Å². The van der Waals surface area contributed by atoms with E-state index in [0.29, 0.717) is 0 Å². The molecule has 0 saturated carbocycles. The number of halogens is 1. The van der Waals surface area contributed by atoms with Crippen LogP contribution in [-0.2, 0) is 0 Å². The highest BCUT2D eigenvalue weighted by atomic mass is 79.9. The third kappa shape index (κ3) is 3.95. The van der Waals surface area contributed by atoms with Gasteiger partial charge in [-0.05, 0) is 72.3 Å². The smallest absolute Gasteiger partial charge is 0.0476 e. The van der Waals surface area contributed by atoms with Crippen molar-refractivity contribution in [2.75, 3.05) is 4.90 Å². The van der Waals surface area contributed by atoms with E-state index in [9.17, 15) is 0 Å². The van der Waals surface area contributed by atoms with Gasteiger partial charge in [-0.25, -0.2) is 0 Å². The quantitative estimate of drug-likeness (QED) is 0.191. The van der Waals surface area contributed by atoms with Crippen molar-refractivity contribution < 1.29 is 0 Å². The average Bonchev–Trinajstić information content (AvgIpc) is 3.55. The minimum absolute atomic E-state index is 1.11. The summed E-state index contributed by atoms with van der Waals surface area (Å²) in [6.07, 6.45) is 0. The molecule has 2 heterocycles. The van der Waals surface area contributed by atoms with Gasteiger partial charge in [0.25, 0.3) is 0 Å². The molecule has 0 fully saturated rings. The zero-order valence-corrected chi connectivity index (χ0v) is 24.6. The van der Waals surface area contributed by atoms with E-state index in [1.165, 1.54) is 51.5 Å². The summed E-state index contributed by atoms with van der Waals surface area (Å²) >= 11 is 7.54. The molecule has 0 aliphatic heterocycles. The number of para-hydroxylation sites is 2. The van der Waals surface area contributed by atoms with E-state index >= 15 is 0 Å². The normalized spacial score (nSPS) is 11.6. The van der Waals surface area contributed by atoms with Crippen LogP contribution in [0, 0.1) is 0 Å². The summed E-state index contributed by atoms with van der Waals surface area (Å²) < 4.78 is 6.38. The van der Waals surface area contributed by atoms with Crippen LogP contribution in [-0.4, -0.2) is 0 Å². The van der Waals surface area contributed by atoms with Gasteiger partial charge in [0.05, 0.1) is 0 Å². The van der Waals surface area contributed by atoms with Crippen molar-refractivity contribution in [3.63, 3.8) is 0 Å². The average molecular weight is 613 g/mol. The fourth-order valence-electron chi connectivity index (χ4n) is 5.68. The third-order valence-corrected chi connectivity index (χ3v) is 10.3. The van der Waals surface area contributed by atoms with Crippen LogP contribution in [0.5, 0.6) is 0 Å². The molecule has 40 heavy (non-hydrogen) atoms. The van der Waals surface area contributed by atoms with Gasteiger partial charge in [0.15, 0.2) is 0 Å². The number of hydrogen-bond acceptors (Lipinski definition) is 3. The first-order valence-corrected chi connectivity index (χ1v) is 15.6. The molecular formula is C36H22BrNS2. The zero-order chi connectivity index (χ0) is 26.6. The van der Waals surface area contributed by atoms with Gasteiger partial charge >= 0.3 is 0 Å². The molecule has 0 amide bonds. The monoisotopic (exact) mass is 611 g/mol. The fourth-order valence-corrected chi connectivity index (χ4v) is 8.48. The standard InChI is InChI=1S/C36H22BrNS2/c37-24-20-30(36-32(21-24)28-13-7-8-14-33(28)40-36)23-15-18-34-31(19-23)29-17-16-27(22-35(29)39-34)38(25-9-3-1-4-10-25)26-11-5-2-6-12-26/h1-22H. The van der Waals surface area contributed by atoms with E-state index in [4.69, 9.17) is 0 Å². The highest BCUT2D eigenvalue weighted by Gasteiger charge is 2.16. The predicted molar refractivity (Wildman–Crippen MR) is 180 cm³/mol. The highest BCUT2D eigenvalue weighted by Crippen LogP contribution is 2.45. The molecule has 8 aromatic rings.